The van der Waals surface area contributed by atoms with E-state index in [-0.39, 0.29) is 24.4 Å². The van der Waals surface area contributed by atoms with E-state index in [0.717, 1.165) is 32.8 Å². The van der Waals surface area contributed by atoms with E-state index in [2.05, 4.69) is 16.5 Å². The minimum Gasteiger partial charge on any atom is -0.317 e. The number of rotatable bonds is 5. The highest BCUT2D eigenvalue weighted by Crippen LogP contribution is 2.31. The first kappa shape index (κ1) is 21.5. The topological polar surface area (TPSA) is 92.7 Å². The molecular formula is C24H23N5O2S. The molecule has 1 amide bonds. The van der Waals surface area contributed by atoms with Crippen LogP contribution in [0, 0.1) is 39.0 Å². The summed E-state index contributed by atoms with van der Waals surface area (Å²) in [7, 11) is 0. The second kappa shape index (κ2) is 8.44. The molecule has 162 valence electrons. The second-order valence-corrected chi connectivity index (χ2v) is 8.97. The maximum atomic E-state index is 12.9. The molecule has 1 N–H and O–H groups in total. The smallest absolute Gasteiger partial charge is 0.252 e. The zero-order valence-corrected chi connectivity index (χ0v) is 19.2. The number of amides is 1. The number of aromatic nitrogens is 3. The van der Waals surface area contributed by atoms with E-state index in [1.54, 1.807) is 15.3 Å². The van der Waals surface area contributed by atoms with E-state index in [1.165, 1.54) is 11.3 Å². The molecule has 0 spiro atoms. The number of benzene rings is 1. The number of hydrogen-bond donors (Lipinski definition) is 1. The highest BCUT2D eigenvalue weighted by atomic mass is 32.1. The highest BCUT2D eigenvalue weighted by Gasteiger charge is 2.19. The molecule has 1 aromatic carbocycles. The summed E-state index contributed by atoms with van der Waals surface area (Å²) in [5.74, 6) is -0.245. The first-order valence-corrected chi connectivity index (χ1v) is 11.1. The number of anilines is 1. The predicted molar refractivity (Wildman–Crippen MR) is 127 cm³/mol. The van der Waals surface area contributed by atoms with Gasteiger partial charge in [-0.15, -0.1) is 11.3 Å². The van der Waals surface area contributed by atoms with E-state index >= 15 is 0 Å². The first-order valence-electron chi connectivity index (χ1n) is 10.3. The first-order chi connectivity index (χ1) is 15.3. The summed E-state index contributed by atoms with van der Waals surface area (Å²) in [6.07, 6.45) is 0.0952. The van der Waals surface area contributed by atoms with Crippen molar-refractivity contribution in [1.82, 2.24) is 14.3 Å². The fourth-order valence-electron chi connectivity index (χ4n) is 3.88. The number of carbonyl (C=O) groups excluding carboxylic acids is 1. The van der Waals surface area contributed by atoms with Gasteiger partial charge in [0.1, 0.15) is 16.7 Å². The molecule has 0 fully saturated rings. The third kappa shape index (κ3) is 3.72. The maximum Gasteiger partial charge on any atom is 0.252 e. The van der Waals surface area contributed by atoms with Crippen molar-refractivity contribution in [3.05, 3.63) is 74.0 Å². The number of nitriles is 1. The summed E-state index contributed by atoms with van der Waals surface area (Å²) >= 11 is 1.39. The summed E-state index contributed by atoms with van der Waals surface area (Å²) < 4.78 is 3.36. The van der Waals surface area contributed by atoms with Gasteiger partial charge in [-0.1, -0.05) is 18.2 Å². The molecule has 0 aliphatic carbocycles. The fraction of sp³-hybridized carbons (Fsp3) is 0.250. The number of hydrogen-bond acceptors (Lipinski definition) is 5. The van der Waals surface area contributed by atoms with Crippen molar-refractivity contribution in [3.8, 4) is 11.8 Å². The molecule has 7 nitrogen and oxygen atoms in total. The molecule has 32 heavy (non-hydrogen) atoms. The van der Waals surface area contributed by atoms with E-state index in [1.807, 2.05) is 58.0 Å². The zero-order chi connectivity index (χ0) is 23.0. The minimum atomic E-state index is -0.245. The van der Waals surface area contributed by atoms with Crippen molar-refractivity contribution in [3.63, 3.8) is 0 Å². The van der Waals surface area contributed by atoms with Crippen LogP contribution < -0.4 is 10.9 Å². The number of fused-ring (bicyclic) bond motifs is 1. The molecule has 4 aromatic rings. The van der Waals surface area contributed by atoms with Gasteiger partial charge in [0.2, 0.25) is 5.91 Å². The molecule has 0 aliphatic rings. The van der Waals surface area contributed by atoms with Gasteiger partial charge in [0.05, 0.1) is 16.9 Å². The van der Waals surface area contributed by atoms with Crippen LogP contribution >= 0.6 is 11.3 Å². The van der Waals surface area contributed by atoms with Crippen molar-refractivity contribution >= 4 is 33.3 Å². The van der Waals surface area contributed by atoms with Gasteiger partial charge < -0.3 is 5.32 Å². The van der Waals surface area contributed by atoms with Gasteiger partial charge in [0.15, 0.2) is 0 Å². The Bertz CT molecular complexity index is 1440. The van der Waals surface area contributed by atoms with E-state index in [9.17, 15) is 14.9 Å². The number of aryl methyl sites for hydroxylation is 4. The lowest BCUT2D eigenvalue weighted by Gasteiger charge is -2.12. The van der Waals surface area contributed by atoms with Crippen molar-refractivity contribution in [2.45, 2.75) is 40.7 Å². The van der Waals surface area contributed by atoms with Gasteiger partial charge in [0, 0.05) is 29.3 Å². The maximum absolute atomic E-state index is 12.9. The van der Waals surface area contributed by atoms with Crippen LogP contribution in [-0.2, 0) is 11.3 Å². The van der Waals surface area contributed by atoms with Gasteiger partial charge in [0.25, 0.3) is 5.56 Å². The molecule has 4 rings (SSSR count). The summed E-state index contributed by atoms with van der Waals surface area (Å²) in [6, 6.07) is 13.4. The summed E-state index contributed by atoms with van der Waals surface area (Å²) in [5.41, 5.74) is 4.39. The molecule has 0 aliphatic heterocycles. The van der Waals surface area contributed by atoms with Crippen LogP contribution in [0.4, 0.5) is 5.00 Å². The second-order valence-electron chi connectivity index (χ2n) is 7.75. The standard InChI is InChI=1S/C24H23N5O2S/c1-14-12-21(31)28(11-10-20(30)26-23-19(13-25)15(2)17(4)32-23)24-22(14)16(3)27-29(24)18-8-6-5-7-9-18/h5-9,12H,10-11H2,1-4H3,(H,26,30). The molecular weight excluding hydrogens is 422 g/mol. The predicted octanol–water partition coefficient (Wildman–Crippen LogP) is 4.38. The Morgan fingerprint density at radius 3 is 2.59 bits per heavy atom. The van der Waals surface area contributed by atoms with Gasteiger partial charge in [-0.3, -0.25) is 14.2 Å². The monoisotopic (exact) mass is 445 g/mol. The Labute approximate surface area is 189 Å². The van der Waals surface area contributed by atoms with Crippen LogP contribution in [0.25, 0.3) is 16.7 Å². The number of carbonyl (C=O) groups is 1. The third-order valence-electron chi connectivity index (χ3n) is 5.61. The summed E-state index contributed by atoms with van der Waals surface area (Å²) in [4.78, 5) is 26.6. The SMILES string of the molecule is Cc1sc(NC(=O)CCn2c(=O)cc(C)c3c(C)nn(-c4ccccc4)c32)c(C#N)c1C. The van der Waals surface area contributed by atoms with Gasteiger partial charge >= 0.3 is 0 Å². The zero-order valence-electron chi connectivity index (χ0n) is 18.4. The van der Waals surface area contributed by atoms with Crippen LogP contribution in [0.2, 0.25) is 0 Å². The Kier molecular flexibility index (Phi) is 5.68. The van der Waals surface area contributed by atoms with E-state index in [4.69, 9.17) is 0 Å². The molecule has 0 saturated carbocycles. The van der Waals surface area contributed by atoms with Crippen molar-refractivity contribution in [2.24, 2.45) is 0 Å². The van der Waals surface area contributed by atoms with Crippen LogP contribution in [0.15, 0.2) is 41.2 Å². The molecule has 0 radical (unpaired) electrons. The van der Waals surface area contributed by atoms with E-state index in [0.29, 0.717) is 16.2 Å². The number of thiophene rings is 1. The fourth-order valence-corrected chi connectivity index (χ4v) is 4.91. The van der Waals surface area contributed by atoms with Crippen LogP contribution in [0.1, 0.15) is 33.7 Å². The van der Waals surface area contributed by atoms with Crippen LogP contribution in [0.3, 0.4) is 0 Å². The normalized spacial score (nSPS) is 11.0. The van der Waals surface area contributed by atoms with Crippen molar-refractivity contribution in [1.29, 1.82) is 5.26 Å². The molecule has 0 bridgehead atoms. The van der Waals surface area contributed by atoms with Gasteiger partial charge in [-0.25, -0.2) is 4.68 Å². The minimum absolute atomic E-state index is 0.0952. The number of pyridine rings is 1. The highest BCUT2D eigenvalue weighted by molar-refractivity contribution is 7.16. The Morgan fingerprint density at radius 2 is 1.91 bits per heavy atom. The summed E-state index contributed by atoms with van der Waals surface area (Å²) in [6.45, 7) is 7.81. The van der Waals surface area contributed by atoms with E-state index < -0.39 is 0 Å². The number of para-hydroxylation sites is 1. The number of nitrogens with one attached hydrogen (secondary N) is 1. The van der Waals surface area contributed by atoms with Gasteiger partial charge in [-0.05, 0) is 51.0 Å². The number of nitrogens with zero attached hydrogens (tertiary/aromatic N) is 4. The third-order valence-corrected chi connectivity index (χ3v) is 6.73. The lowest BCUT2D eigenvalue weighted by atomic mass is 10.1. The lowest BCUT2D eigenvalue weighted by molar-refractivity contribution is -0.116. The van der Waals surface area contributed by atoms with Crippen LogP contribution in [-0.4, -0.2) is 20.3 Å². The Morgan fingerprint density at radius 1 is 1.19 bits per heavy atom. The van der Waals surface area contributed by atoms with Crippen molar-refractivity contribution in [2.75, 3.05) is 5.32 Å². The molecule has 0 saturated heterocycles. The molecule has 3 heterocycles. The summed E-state index contributed by atoms with van der Waals surface area (Å²) in [5, 5.41) is 18.4. The van der Waals surface area contributed by atoms with Gasteiger partial charge in [-0.2, -0.15) is 10.4 Å². The largest absolute Gasteiger partial charge is 0.317 e. The Balaban J connectivity index is 1.69. The average Bonchev–Trinajstić information content (AvgIpc) is 3.24. The molecule has 0 unspecified atom stereocenters. The molecule has 8 heteroatoms. The average molecular weight is 446 g/mol. The Hall–Kier alpha value is -3.70. The molecule has 0 atom stereocenters. The molecule has 3 aromatic heterocycles. The van der Waals surface area contributed by atoms with Crippen molar-refractivity contribution < 1.29 is 4.79 Å². The van der Waals surface area contributed by atoms with Crippen LogP contribution in [0.5, 0.6) is 0 Å². The quantitative estimate of drug-likeness (QED) is 0.493. The lowest BCUT2D eigenvalue weighted by Crippen LogP contribution is -2.25.